The molecule has 212 valence electrons. The molecule has 0 saturated carbocycles. The summed E-state index contributed by atoms with van der Waals surface area (Å²) in [5.74, 6) is -0.689. The molecular weight excluding hydrogens is 478 g/mol. The number of nitrogens with one attached hydrogen (secondary N) is 1. The lowest BCUT2D eigenvalue weighted by atomic mass is 9.91. The zero-order valence-corrected chi connectivity index (χ0v) is 23.5. The highest BCUT2D eigenvalue weighted by Gasteiger charge is 2.31. The predicted molar refractivity (Wildman–Crippen MR) is 139 cm³/mol. The van der Waals surface area contributed by atoms with E-state index in [4.69, 9.17) is 9.47 Å². The number of hydrogen-bond donors (Lipinski definition) is 2. The molecule has 2 fully saturated rings. The van der Waals surface area contributed by atoms with Gasteiger partial charge in [0.25, 0.3) is 0 Å². The molecule has 1 unspecified atom stereocenters. The molecule has 0 radical (unpaired) electrons. The van der Waals surface area contributed by atoms with Crippen LogP contribution in [0.2, 0.25) is 0 Å². The van der Waals surface area contributed by atoms with E-state index in [9.17, 15) is 24.3 Å². The number of esters is 1. The van der Waals surface area contributed by atoms with Gasteiger partial charge in [-0.25, -0.2) is 4.79 Å². The van der Waals surface area contributed by atoms with Gasteiger partial charge in [0.05, 0.1) is 25.0 Å². The SMILES string of the molecule is CC(C)(C)OC(=O)CC(CO)NC(=O)[C@@H]1CCCN(C(=O)CCC2CCN(C(=O)OC(C)(C)C)CC2)C1. The lowest BCUT2D eigenvalue weighted by molar-refractivity contribution is -0.155. The monoisotopic (exact) mass is 525 g/mol. The van der Waals surface area contributed by atoms with Crippen molar-refractivity contribution in [3.63, 3.8) is 0 Å². The Bertz CT molecular complexity index is 795. The van der Waals surface area contributed by atoms with Crippen molar-refractivity contribution < 1.29 is 33.8 Å². The minimum atomic E-state index is -0.722. The van der Waals surface area contributed by atoms with E-state index in [2.05, 4.69) is 5.32 Å². The summed E-state index contributed by atoms with van der Waals surface area (Å²) in [7, 11) is 0. The number of rotatable bonds is 8. The molecule has 2 aliphatic rings. The van der Waals surface area contributed by atoms with Crippen LogP contribution in [0.3, 0.4) is 0 Å². The molecule has 2 aliphatic heterocycles. The zero-order chi connectivity index (χ0) is 27.8. The molecule has 0 aromatic heterocycles. The molecule has 0 aromatic carbocycles. The minimum Gasteiger partial charge on any atom is -0.460 e. The van der Waals surface area contributed by atoms with E-state index < -0.39 is 23.2 Å². The molecule has 2 N–H and O–H groups in total. The van der Waals surface area contributed by atoms with Crippen molar-refractivity contribution in [3.05, 3.63) is 0 Å². The summed E-state index contributed by atoms with van der Waals surface area (Å²) in [6, 6.07) is -0.722. The minimum absolute atomic E-state index is 0.0412. The van der Waals surface area contributed by atoms with Crippen molar-refractivity contribution in [2.24, 2.45) is 11.8 Å². The van der Waals surface area contributed by atoms with Gasteiger partial charge in [-0.15, -0.1) is 0 Å². The summed E-state index contributed by atoms with van der Waals surface area (Å²) in [5, 5.41) is 12.4. The van der Waals surface area contributed by atoms with Gasteiger partial charge in [-0.1, -0.05) is 0 Å². The molecule has 2 rings (SSSR count). The highest BCUT2D eigenvalue weighted by Crippen LogP contribution is 2.25. The van der Waals surface area contributed by atoms with Crippen LogP contribution in [0.4, 0.5) is 4.79 Å². The van der Waals surface area contributed by atoms with E-state index in [-0.39, 0.29) is 36.9 Å². The van der Waals surface area contributed by atoms with Crippen LogP contribution >= 0.6 is 0 Å². The fraction of sp³-hybridized carbons (Fsp3) is 0.852. The number of carbonyl (C=O) groups excluding carboxylic acids is 4. The molecule has 2 atom stereocenters. The molecule has 0 aliphatic carbocycles. The first-order chi connectivity index (χ1) is 17.2. The van der Waals surface area contributed by atoms with Crippen molar-refractivity contribution >= 4 is 23.9 Å². The summed E-state index contributed by atoms with van der Waals surface area (Å²) in [4.78, 5) is 53.5. The number of ether oxygens (including phenoxy) is 2. The second-order valence-corrected chi connectivity index (χ2v) is 12.3. The number of aliphatic hydroxyl groups is 1. The molecule has 10 heteroatoms. The quantitative estimate of drug-likeness (QED) is 0.467. The van der Waals surface area contributed by atoms with Gasteiger partial charge in [-0.2, -0.15) is 0 Å². The second-order valence-electron chi connectivity index (χ2n) is 12.3. The summed E-state index contributed by atoms with van der Waals surface area (Å²) >= 11 is 0. The molecule has 2 heterocycles. The summed E-state index contributed by atoms with van der Waals surface area (Å²) in [6.07, 6.45) is 3.86. The summed E-state index contributed by atoms with van der Waals surface area (Å²) in [5.41, 5.74) is -1.15. The highest BCUT2D eigenvalue weighted by atomic mass is 16.6. The smallest absolute Gasteiger partial charge is 0.410 e. The lowest BCUT2D eigenvalue weighted by Gasteiger charge is -2.35. The largest absolute Gasteiger partial charge is 0.460 e. The van der Waals surface area contributed by atoms with E-state index >= 15 is 0 Å². The van der Waals surface area contributed by atoms with Crippen molar-refractivity contribution in [2.75, 3.05) is 32.8 Å². The average molecular weight is 526 g/mol. The second kappa shape index (κ2) is 13.4. The van der Waals surface area contributed by atoms with Gasteiger partial charge in [0.2, 0.25) is 11.8 Å². The Kier molecular flexibility index (Phi) is 11.2. The average Bonchev–Trinajstić information content (AvgIpc) is 2.80. The first-order valence-corrected chi connectivity index (χ1v) is 13.6. The normalized spacial score (nSPS) is 20.2. The highest BCUT2D eigenvalue weighted by molar-refractivity contribution is 5.82. The standard InChI is InChI=1S/C27H47N3O7/c1-26(2,3)36-23(33)16-21(18-31)28-24(34)20-8-7-13-30(17-20)22(32)10-9-19-11-14-29(15-12-19)25(35)37-27(4,5)6/h19-21,31H,7-18H2,1-6H3,(H,28,34)/t20-,21?/m1/s1. The maximum Gasteiger partial charge on any atom is 0.410 e. The van der Waals surface area contributed by atoms with Gasteiger partial charge in [-0.05, 0) is 79.6 Å². The topological polar surface area (TPSA) is 125 Å². The summed E-state index contributed by atoms with van der Waals surface area (Å²) in [6.45, 7) is 12.7. The van der Waals surface area contributed by atoms with E-state index in [0.29, 0.717) is 44.9 Å². The number of likely N-dealkylation sites (tertiary alicyclic amines) is 2. The number of hydrogen-bond acceptors (Lipinski definition) is 7. The van der Waals surface area contributed by atoms with Gasteiger partial charge in [-0.3, -0.25) is 14.4 Å². The third kappa shape index (κ3) is 11.3. The molecule has 0 aromatic rings. The molecule has 3 amide bonds. The Morgan fingerprint density at radius 3 is 2.11 bits per heavy atom. The van der Waals surface area contributed by atoms with Crippen molar-refractivity contribution in [3.8, 4) is 0 Å². The Morgan fingerprint density at radius 1 is 0.919 bits per heavy atom. The lowest BCUT2D eigenvalue weighted by Crippen LogP contribution is -2.49. The van der Waals surface area contributed by atoms with Crippen LogP contribution in [0.1, 0.15) is 86.5 Å². The van der Waals surface area contributed by atoms with Gasteiger partial charge < -0.3 is 29.7 Å². The maximum atomic E-state index is 12.9. The van der Waals surface area contributed by atoms with E-state index in [1.54, 1.807) is 30.6 Å². The Morgan fingerprint density at radius 2 is 1.54 bits per heavy atom. The van der Waals surface area contributed by atoms with Gasteiger partial charge in [0.15, 0.2) is 0 Å². The van der Waals surface area contributed by atoms with Gasteiger partial charge >= 0.3 is 12.1 Å². The van der Waals surface area contributed by atoms with Crippen LogP contribution in [0.15, 0.2) is 0 Å². The van der Waals surface area contributed by atoms with Gasteiger partial charge in [0.1, 0.15) is 11.2 Å². The number of piperidine rings is 2. The van der Waals surface area contributed by atoms with Crippen molar-refractivity contribution in [2.45, 2.75) is 104 Å². The number of aliphatic hydroxyl groups excluding tert-OH is 1. The van der Waals surface area contributed by atoms with E-state index in [1.807, 2.05) is 20.8 Å². The van der Waals surface area contributed by atoms with E-state index in [0.717, 1.165) is 25.7 Å². The van der Waals surface area contributed by atoms with Crippen LogP contribution in [0.25, 0.3) is 0 Å². The fourth-order valence-electron chi connectivity index (χ4n) is 4.70. The third-order valence-electron chi connectivity index (χ3n) is 6.58. The van der Waals surface area contributed by atoms with Crippen molar-refractivity contribution in [1.29, 1.82) is 0 Å². The number of amides is 3. The van der Waals surface area contributed by atoms with Crippen LogP contribution in [-0.2, 0) is 23.9 Å². The first-order valence-electron chi connectivity index (χ1n) is 13.6. The molecule has 0 spiro atoms. The maximum absolute atomic E-state index is 12.9. The predicted octanol–water partition coefficient (Wildman–Crippen LogP) is 2.86. The van der Waals surface area contributed by atoms with Crippen LogP contribution in [0, 0.1) is 11.8 Å². The van der Waals surface area contributed by atoms with Gasteiger partial charge in [0, 0.05) is 32.6 Å². The molecule has 10 nitrogen and oxygen atoms in total. The Balaban J connectivity index is 1.76. The molecular formula is C27H47N3O7. The Labute approximate surface area is 221 Å². The first kappa shape index (κ1) is 30.9. The third-order valence-corrected chi connectivity index (χ3v) is 6.58. The fourth-order valence-corrected chi connectivity index (χ4v) is 4.70. The zero-order valence-electron chi connectivity index (χ0n) is 23.5. The van der Waals surface area contributed by atoms with E-state index in [1.165, 1.54) is 0 Å². The van der Waals surface area contributed by atoms with Crippen LogP contribution < -0.4 is 5.32 Å². The molecule has 2 saturated heterocycles. The van der Waals surface area contributed by atoms with Crippen LogP contribution in [-0.4, -0.2) is 88.8 Å². The molecule has 0 bridgehead atoms. The van der Waals surface area contributed by atoms with Crippen LogP contribution in [0.5, 0.6) is 0 Å². The Hall–Kier alpha value is -2.36. The molecule has 37 heavy (non-hydrogen) atoms. The number of carbonyl (C=O) groups is 4. The summed E-state index contributed by atoms with van der Waals surface area (Å²) < 4.78 is 10.7. The number of nitrogens with zero attached hydrogens (tertiary/aromatic N) is 2. The van der Waals surface area contributed by atoms with Crippen molar-refractivity contribution in [1.82, 2.24) is 15.1 Å².